The van der Waals surface area contributed by atoms with E-state index in [-0.39, 0.29) is 35.1 Å². The number of nitrogens with zero attached hydrogens (tertiary/aromatic N) is 2. The highest BCUT2D eigenvalue weighted by Gasteiger charge is 2.32. The van der Waals surface area contributed by atoms with Crippen molar-refractivity contribution in [1.29, 1.82) is 0 Å². The Labute approximate surface area is 208 Å². The largest absolute Gasteiger partial charge is 0.486 e. The average Bonchev–Trinajstić information content (AvgIpc) is 3.30. The molecule has 0 bridgehead atoms. The molecule has 6 nitrogen and oxygen atoms in total. The number of alkyl halides is 3. The highest BCUT2D eigenvalue weighted by atomic mass is 35.5. The second-order valence-electron chi connectivity index (χ2n) is 7.93. The minimum absolute atomic E-state index is 0.0201. The molecule has 1 N–H and O–H groups in total. The van der Waals surface area contributed by atoms with E-state index in [4.69, 9.17) is 16.3 Å². The predicted molar refractivity (Wildman–Crippen MR) is 125 cm³/mol. The molecule has 3 aromatic rings. The van der Waals surface area contributed by atoms with Gasteiger partial charge in [-0.3, -0.25) is 9.62 Å². The molecule has 2 atom stereocenters. The lowest BCUT2D eigenvalue weighted by Gasteiger charge is -2.35. The molecular formula is C22H20ClF4N3O3S2. The SMILES string of the molecule is O=S(=O)(Nc1cscn1)c1cc(Cl)c(OC2CCN(Cc3cccc(C(F)F)c3)C[C@@H]2F)cc1F. The van der Waals surface area contributed by atoms with Gasteiger partial charge in [0.2, 0.25) is 0 Å². The van der Waals surface area contributed by atoms with Crippen LogP contribution in [0, 0.1) is 5.82 Å². The van der Waals surface area contributed by atoms with Gasteiger partial charge in [0, 0.05) is 36.6 Å². The van der Waals surface area contributed by atoms with Crippen LogP contribution in [-0.2, 0) is 16.6 Å². The van der Waals surface area contributed by atoms with Crippen LogP contribution in [0.15, 0.2) is 52.2 Å². The van der Waals surface area contributed by atoms with Gasteiger partial charge in [-0.25, -0.2) is 31.0 Å². The highest BCUT2D eigenvalue weighted by Crippen LogP contribution is 2.33. The molecule has 0 saturated carbocycles. The number of aromatic nitrogens is 1. The number of nitrogens with one attached hydrogen (secondary N) is 1. The Morgan fingerprint density at radius 3 is 2.77 bits per heavy atom. The fourth-order valence-electron chi connectivity index (χ4n) is 3.73. The van der Waals surface area contributed by atoms with Crippen LogP contribution in [0.2, 0.25) is 5.02 Å². The van der Waals surface area contributed by atoms with Crippen LogP contribution >= 0.6 is 22.9 Å². The summed E-state index contributed by atoms with van der Waals surface area (Å²) in [5.41, 5.74) is 1.96. The van der Waals surface area contributed by atoms with Crippen LogP contribution in [0.5, 0.6) is 5.75 Å². The van der Waals surface area contributed by atoms with Gasteiger partial charge < -0.3 is 4.74 Å². The van der Waals surface area contributed by atoms with Crippen molar-refractivity contribution >= 4 is 38.8 Å². The monoisotopic (exact) mass is 549 g/mol. The molecule has 0 spiro atoms. The van der Waals surface area contributed by atoms with Gasteiger partial charge in [-0.2, -0.15) is 0 Å². The first-order valence-corrected chi connectivity index (χ1v) is 13.2. The van der Waals surface area contributed by atoms with Gasteiger partial charge in [-0.15, -0.1) is 11.3 Å². The van der Waals surface area contributed by atoms with Crippen molar-refractivity contribution in [3.05, 3.63) is 69.3 Å². The summed E-state index contributed by atoms with van der Waals surface area (Å²) >= 11 is 7.30. The minimum Gasteiger partial charge on any atom is -0.486 e. The molecule has 2 heterocycles. The molecule has 1 aliphatic heterocycles. The molecule has 35 heavy (non-hydrogen) atoms. The second-order valence-corrected chi connectivity index (χ2v) is 10.7. The lowest BCUT2D eigenvalue weighted by molar-refractivity contribution is 0.0189. The zero-order chi connectivity index (χ0) is 25.2. The first-order chi connectivity index (χ1) is 16.6. The number of sulfonamides is 1. The molecular weight excluding hydrogens is 530 g/mol. The third-order valence-electron chi connectivity index (χ3n) is 5.40. The smallest absolute Gasteiger partial charge is 0.266 e. The molecule has 0 amide bonds. The Morgan fingerprint density at radius 2 is 2.09 bits per heavy atom. The Balaban J connectivity index is 1.41. The third kappa shape index (κ3) is 6.24. The van der Waals surface area contributed by atoms with Gasteiger partial charge in [0.15, 0.2) is 5.82 Å². The number of rotatable bonds is 8. The quantitative estimate of drug-likeness (QED) is 0.367. The molecule has 188 valence electrons. The van der Waals surface area contributed by atoms with Crippen molar-refractivity contribution in [2.45, 2.75) is 36.6 Å². The number of hydrogen-bond acceptors (Lipinski definition) is 6. The molecule has 1 aliphatic rings. The number of thiazole rings is 1. The Bertz CT molecular complexity index is 1280. The van der Waals surface area contributed by atoms with Gasteiger partial charge in [0.1, 0.15) is 28.7 Å². The first kappa shape index (κ1) is 25.7. The van der Waals surface area contributed by atoms with Crippen LogP contribution in [-0.4, -0.2) is 43.7 Å². The number of halogens is 5. The van der Waals surface area contributed by atoms with E-state index in [0.717, 1.165) is 23.5 Å². The van der Waals surface area contributed by atoms with Crippen molar-refractivity contribution in [2.75, 3.05) is 17.8 Å². The highest BCUT2D eigenvalue weighted by molar-refractivity contribution is 7.92. The van der Waals surface area contributed by atoms with E-state index in [1.54, 1.807) is 11.0 Å². The molecule has 1 aromatic heterocycles. The van der Waals surface area contributed by atoms with Crippen molar-refractivity contribution in [3.8, 4) is 5.75 Å². The first-order valence-electron chi connectivity index (χ1n) is 10.4. The fraction of sp³-hybridized carbons (Fsp3) is 0.318. The Kier molecular flexibility index (Phi) is 7.84. The number of benzene rings is 2. The molecule has 4 rings (SSSR count). The molecule has 1 unspecified atom stereocenters. The molecule has 1 saturated heterocycles. The number of hydrogen-bond donors (Lipinski definition) is 1. The Morgan fingerprint density at radius 1 is 1.29 bits per heavy atom. The lowest BCUT2D eigenvalue weighted by Crippen LogP contribution is -2.46. The van der Waals surface area contributed by atoms with Crippen LogP contribution < -0.4 is 9.46 Å². The summed E-state index contributed by atoms with van der Waals surface area (Å²) in [5, 5.41) is 1.25. The molecule has 0 aliphatic carbocycles. The number of piperidine rings is 1. The van der Waals surface area contributed by atoms with Crippen LogP contribution in [0.4, 0.5) is 23.4 Å². The van der Waals surface area contributed by atoms with Crippen molar-refractivity contribution in [3.63, 3.8) is 0 Å². The van der Waals surface area contributed by atoms with Gasteiger partial charge in [-0.05, 0) is 24.1 Å². The lowest BCUT2D eigenvalue weighted by atomic mass is 10.0. The van der Waals surface area contributed by atoms with Crippen molar-refractivity contribution in [1.82, 2.24) is 9.88 Å². The van der Waals surface area contributed by atoms with Gasteiger partial charge in [0.05, 0.1) is 10.5 Å². The topological polar surface area (TPSA) is 71.5 Å². The summed E-state index contributed by atoms with van der Waals surface area (Å²) in [6.45, 7) is 0.684. The van der Waals surface area contributed by atoms with Crippen LogP contribution in [0.3, 0.4) is 0 Å². The zero-order valence-corrected chi connectivity index (χ0v) is 20.4. The van der Waals surface area contributed by atoms with E-state index in [2.05, 4.69) is 9.71 Å². The maximum absolute atomic E-state index is 14.9. The molecule has 1 fully saturated rings. The van der Waals surface area contributed by atoms with Crippen LogP contribution in [0.1, 0.15) is 24.0 Å². The fourth-order valence-corrected chi connectivity index (χ4v) is 5.65. The van der Waals surface area contributed by atoms with Gasteiger partial charge >= 0.3 is 0 Å². The van der Waals surface area contributed by atoms with Gasteiger partial charge in [0.25, 0.3) is 16.4 Å². The molecule has 13 heteroatoms. The summed E-state index contributed by atoms with van der Waals surface area (Å²) in [4.78, 5) is 4.88. The number of likely N-dealkylation sites (tertiary alicyclic amines) is 1. The summed E-state index contributed by atoms with van der Waals surface area (Å²) in [6, 6.07) is 7.67. The summed E-state index contributed by atoms with van der Waals surface area (Å²) < 4.78 is 88.1. The average molecular weight is 550 g/mol. The zero-order valence-electron chi connectivity index (χ0n) is 18.0. The maximum atomic E-state index is 14.9. The van der Waals surface area contributed by atoms with E-state index in [1.165, 1.54) is 29.1 Å². The summed E-state index contributed by atoms with van der Waals surface area (Å²) in [6.07, 6.45) is -4.75. The normalized spacial score (nSPS) is 19.1. The van der Waals surface area contributed by atoms with E-state index < -0.39 is 39.4 Å². The number of ether oxygens (including phenoxy) is 1. The van der Waals surface area contributed by atoms with E-state index >= 15 is 0 Å². The van der Waals surface area contributed by atoms with E-state index in [1.807, 2.05) is 0 Å². The van der Waals surface area contributed by atoms with E-state index in [0.29, 0.717) is 18.7 Å². The van der Waals surface area contributed by atoms with Gasteiger partial charge in [-0.1, -0.05) is 29.8 Å². The number of anilines is 1. The van der Waals surface area contributed by atoms with E-state index in [9.17, 15) is 26.0 Å². The maximum Gasteiger partial charge on any atom is 0.266 e. The molecule has 0 radical (unpaired) electrons. The second kappa shape index (κ2) is 10.7. The Hall–Kier alpha value is -2.41. The summed E-state index contributed by atoms with van der Waals surface area (Å²) in [5.74, 6) is -1.25. The minimum atomic E-state index is -4.29. The predicted octanol–water partition coefficient (Wildman–Crippen LogP) is 5.67. The summed E-state index contributed by atoms with van der Waals surface area (Å²) in [7, 11) is -4.29. The van der Waals surface area contributed by atoms with Crippen molar-refractivity contribution in [2.24, 2.45) is 0 Å². The standard InChI is InChI=1S/C22H20ClF4N3O3S2/c23-15-7-20(35(31,32)29-21-11-34-12-28-21)16(24)8-19(15)33-18-4-5-30(10-17(18)25)9-13-2-1-3-14(6-13)22(26)27/h1-3,6-8,11-12,17-18,22,29H,4-5,9-10H2/t17-,18?/m0/s1. The third-order valence-corrected chi connectivity index (χ3v) is 7.65. The van der Waals surface area contributed by atoms with Crippen molar-refractivity contribution < 1.29 is 30.7 Å². The molecule has 2 aromatic carbocycles. The van der Waals surface area contributed by atoms with Crippen LogP contribution in [0.25, 0.3) is 0 Å².